The first-order chi connectivity index (χ1) is 11.2. The number of nitrogens with one attached hydrogen (secondary N) is 1. The molecule has 1 aromatic heterocycles. The summed E-state index contributed by atoms with van der Waals surface area (Å²) in [6.45, 7) is 5.15. The molecule has 1 saturated heterocycles. The average Bonchev–Trinajstić information content (AvgIpc) is 2.99. The molecule has 0 radical (unpaired) electrons. The molecule has 2 heterocycles. The van der Waals surface area contributed by atoms with Gasteiger partial charge in [-0.1, -0.05) is 35.5 Å². The summed E-state index contributed by atoms with van der Waals surface area (Å²) in [4.78, 5) is 14.6. The van der Waals surface area contributed by atoms with Crippen LogP contribution in [0.5, 0.6) is 0 Å². The molecule has 1 N–H and O–H groups in total. The van der Waals surface area contributed by atoms with Gasteiger partial charge in [0.05, 0.1) is 12.2 Å². The van der Waals surface area contributed by atoms with Crippen LogP contribution in [0.25, 0.3) is 0 Å². The monoisotopic (exact) mass is 313 g/mol. The van der Waals surface area contributed by atoms with Gasteiger partial charge in [-0.15, -0.1) is 0 Å². The smallest absolute Gasteiger partial charge is 0.223 e. The van der Waals surface area contributed by atoms with Gasteiger partial charge < -0.3 is 9.84 Å². The van der Waals surface area contributed by atoms with Crippen molar-refractivity contribution in [2.75, 3.05) is 13.1 Å². The van der Waals surface area contributed by atoms with Crippen molar-refractivity contribution in [1.82, 2.24) is 15.4 Å². The average molecular weight is 313 g/mol. The molecule has 0 unspecified atom stereocenters. The minimum atomic E-state index is 0.117. The van der Waals surface area contributed by atoms with Crippen LogP contribution in [0, 0.1) is 12.8 Å². The third kappa shape index (κ3) is 4.42. The van der Waals surface area contributed by atoms with Gasteiger partial charge in [-0.2, -0.15) is 0 Å². The van der Waals surface area contributed by atoms with Crippen LogP contribution in [0.1, 0.15) is 29.9 Å². The molecule has 0 atom stereocenters. The number of carbonyl (C=O) groups is 1. The maximum atomic E-state index is 12.3. The number of hydrogen-bond acceptors (Lipinski definition) is 4. The van der Waals surface area contributed by atoms with Crippen LogP contribution in [-0.4, -0.2) is 29.1 Å². The van der Waals surface area contributed by atoms with E-state index in [-0.39, 0.29) is 11.8 Å². The number of hydrogen-bond donors (Lipinski definition) is 1. The number of amides is 1. The largest absolute Gasteiger partial charge is 0.360 e. The lowest BCUT2D eigenvalue weighted by atomic mass is 9.95. The highest BCUT2D eigenvalue weighted by Crippen LogP contribution is 2.19. The number of benzene rings is 1. The van der Waals surface area contributed by atoms with E-state index < -0.39 is 0 Å². The molecule has 5 heteroatoms. The molecular weight excluding hydrogens is 290 g/mol. The molecule has 5 nitrogen and oxygen atoms in total. The standard InChI is InChI=1S/C18H23N3O2/c1-14-11-17(23-20-14)13-21-9-7-16(8-10-21)18(22)19-12-15-5-3-2-4-6-15/h2-6,11,16H,7-10,12-13H2,1H3,(H,19,22). The fourth-order valence-corrected chi connectivity index (χ4v) is 2.99. The number of aryl methyl sites for hydroxylation is 1. The van der Waals surface area contributed by atoms with Gasteiger partial charge in [0, 0.05) is 18.5 Å². The van der Waals surface area contributed by atoms with Crippen LogP contribution >= 0.6 is 0 Å². The van der Waals surface area contributed by atoms with Crippen molar-refractivity contribution in [3.8, 4) is 0 Å². The fourth-order valence-electron chi connectivity index (χ4n) is 2.99. The molecule has 0 spiro atoms. The van der Waals surface area contributed by atoms with Gasteiger partial charge in [-0.25, -0.2) is 0 Å². The molecule has 2 aromatic rings. The van der Waals surface area contributed by atoms with E-state index in [2.05, 4.69) is 15.4 Å². The van der Waals surface area contributed by atoms with Crippen molar-refractivity contribution in [2.45, 2.75) is 32.9 Å². The van der Waals surface area contributed by atoms with E-state index in [0.29, 0.717) is 6.54 Å². The summed E-state index contributed by atoms with van der Waals surface area (Å²) in [5, 5.41) is 6.96. The highest BCUT2D eigenvalue weighted by atomic mass is 16.5. The second-order valence-electron chi connectivity index (χ2n) is 6.19. The zero-order valence-corrected chi connectivity index (χ0v) is 13.5. The molecule has 1 aliphatic heterocycles. The lowest BCUT2D eigenvalue weighted by molar-refractivity contribution is -0.126. The number of rotatable bonds is 5. The van der Waals surface area contributed by atoms with Crippen LogP contribution in [-0.2, 0) is 17.9 Å². The highest BCUT2D eigenvalue weighted by Gasteiger charge is 2.25. The maximum absolute atomic E-state index is 12.3. The van der Waals surface area contributed by atoms with Gasteiger partial charge in [0.25, 0.3) is 0 Å². The quantitative estimate of drug-likeness (QED) is 0.921. The molecule has 3 rings (SSSR count). The normalized spacial score (nSPS) is 16.4. The van der Waals surface area contributed by atoms with E-state index in [9.17, 15) is 4.79 Å². The summed E-state index contributed by atoms with van der Waals surface area (Å²) < 4.78 is 5.26. The summed E-state index contributed by atoms with van der Waals surface area (Å²) in [7, 11) is 0. The van der Waals surface area contributed by atoms with Gasteiger partial charge in [0.15, 0.2) is 5.76 Å². The van der Waals surface area contributed by atoms with Gasteiger partial charge in [-0.05, 0) is 38.4 Å². The van der Waals surface area contributed by atoms with Crippen molar-refractivity contribution >= 4 is 5.91 Å². The number of nitrogens with zero attached hydrogens (tertiary/aromatic N) is 2. The van der Waals surface area contributed by atoms with Crippen LogP contribution in [0.3, 0.4) is 0 Å². The van der Waals surface area contributed by atoms with Crippen molar-refractivity contribution in [3.05, 3.63) is 53.4 Å². The third-order valence-corrected chi connectivity index (χ3v) is 4.32. The first-order valence-corrected chi connectivity index (χ1v) is 8.17. The molecule has 0 aliphatic carbocycles. The molecule has 1 aromatic carbocycles. The van der Waals surface area contributed by atoms with Crippen molar-refractivity contribution in [1.29, 1.82) is 0 Å². The second kappa shape index (κ2) is 7.42. The zero-order valence-electron chi connectivity index (χ0n) is 13.5. The second-order valence-corrected chi connectivity index (χ2v) is 6.19. The molecule has 23 heavy (non-hydrogen) atoms. The maximum Gasteiger partial charge on any atom is 0.223 e. The van der Waals surface area contributed by atoms with E-state index >= 15 is 0 Å². The number of piperidine rings is 1. The highest BCUT2D eigenvalue weighted by molar-refractivity contribution is 5.78. The summed E-state index contributed by atoms with van der Waals surface area (Å²) in [5.41, 5.74) is 2.05. The van der Waals surface area contributed by atoms with E-state index in [0.717, 1.165) is 49.5 Å². The topological polar surface area (TPSA) is 58.4 Å². The lowest BCUT2D eigenvalue weighted by Crippen LogP contribution is -2.40. The van der Waals surface area contributed by atoms with E-state index in [1.807, 2.05) is 43.3 Å². The molecule has 0 bridgehead atoms. The SMILES string of the molecule is Cc1cc(CN2CCC(C(=O)NCc3ccccc3)CC2)on1. The van der Waals surface area contributed by atoms with Gasteiger partial charge in [0.2, 0.25) is 5.91 Å². The predicted octanol–water partition coefficient (Wildman–Crippen LogP) is 2.51. The Morgan fingerprint density at radius 1 is 1.30 bits per heavy atom. The van der Waals surface area contributed by atoms with E-state index in [1.54, 1.807) is 0 Å². The van der Waals surface area contributed by atoms with Gasteiger partial charge >= 0.3 is 0 Å². The molecule has 122 valence electrons. The molecule has 1 aliphatic rings. The Hall–Kier alpha value is -2.14. The molecule has 1 fully saturated rings. The van der Waals surface area contributed by atoms with Crippen molar-refractivity contribution in [3.63, 3.8) is 0 Å². The Labute approximate surface area is 136 Å². The van der Waals surface area contributed by atoms with E-state index in [4.69, 9.17) is 4.52 Å². The Balaban J connectivity index is 1.42. The molecule has 0 saturated carbocycles. The predicted molar refractivity (Wildman–Crippen MR) is 87.5 cm³/mol. The Kier molecular flexibility index (Phi) is 5.08. The molecular formula is C18H23N3O2. The first-order valence-electron chi connectivity index (χ1n) is 8.17. The Bertz CT molecular complexity index is 631. The van der Waals surface area contributed by atoms with E-state index in [1.165, 1.54) is 0 Å². The fraction of sp³-hybridized carbons (Fsp3) is 0.444. The van der Waals surface area contributed by atoms with Crippen LogP contribution in [0.4, 0.5) is 0 Å². The minimum absolute atomic E-state index is 0.117. The third-order valence-electron chi connectivity index (χ3n) is 4.32. The van der Waals surface area contributed by atoms with Crippen molar-refractivity contribution in [2.24, 2.45) is 5.92 Å². The zero-order chi connectivity index (χ0) is 16.1. The van der Waals surface area contributed by atoms with Crippen molar-refractivity contribution < 1.29 is 9.32 Å². The number of aromatic nitrogens is 1. The summed E-state index contributed by atoms with van der Waals surface area (Å²) in [6.07, 6.45) is 1.79. The van der Waals surface area contributed by atoms with Crippen LogP contribution < -0.4 is 5.32 Å². The summed E-state index contributed by atoms with van der Waals surface area (Å²) >= 11 is 0. The van der Waals surface area contributed by atoms with Crippen LogP contribution in [0.2, 0.25) is 0 Å². The minimum Gasteiger partial charge on any atom is -0.360 e. The summed E-state index contributed by atoms with van der Waals surface area (Å²) in [5.74, 6) is 1.19. The molecule has 1 amide bonds. The Morgan fingerprint density at radius 2 is 2.04 bits per heavy atom. The van der Waals surface area contributed by atoms with Crippen LogP contribution in [0.15, 0.2) is 40.9 Å². The van der Waals surface area contributed by atoms with Gasteiger partial charge in [0.1, 0.15) is 0 Å². The van der Waals surface area contributed by atoms with Gasteiger partial charge in [-0.3, -0.25) is 9.69 Å². The number of carbonyl (C=O) groups excluding carboxylic acids is 1. The first kappa shape index (κ1) is 15.7. The Morgan fingerprint density at radius 3 is 2.70 bits per heavy atom. The summed E-state index contributed by atoms with van der Waals surface area (Å²) in [6, 6.07) is 12.0. The lowest BCUT2D eigenvalue weighted by Gasteiger charge is -2.30. The number of likely N-dealkylation sites (tertiary alicyclic amines) is 1.